The second-order valence-corrected chi connectivity index (χ2v) is 9.21. The fourth-order valence-corrected chi connectivity index (χ4v) is 4.43. The fourth-order valence-electron chi connectivity index (χ4n) is 3.65. The Morgan fingerprint density at radius 1 is 1.23 bits per heavy atom. The van der Waals surface area contributed by atoms with Crippen molar-refractivity contribution in [3.8, 4) is 0 Å². The Morgan fingerprint density at radius 3 is 2.74 bits per heavy atom. The lowest BCUT2D eigenvalue weighted by Crippen LogP contribution is -2.49. The predicted molar refractivity (Wildman–Crippen MR) is 125 cm³/mol. The number of rotatable bonds is 7. The van der Waals surface area contributed by atoms with Gasteiger partial charge in [-0.15, -0.1) is 11.3 Å². The van der Waals surface area contributed by atoms with Gasteiger partial charge in [0.25, 0.3) is 11.8 Å². The largest absolute Gasteiger partial charge is 0.356 e. The Bertz CT molecular complexity index is 932. The number of amides is 3. The van der Waals surface area contributed by atoms with E-state index in [2.05, 4.69) is 17.6 Å². The van der Waals surface area contributed by atoms with Gasteiger partial charge in [-0.3, -0.25) is 14.4 Å². The molecule has 31 heavy (non-hydrogen) atoms. The minimum atomic E-state index is -0.267. The van der Waals surface area contributed by atoms with Crippen LogP contribution in [0.4, 0.5) is 5.69 Å². The van der Waals surface area contributed by atoms with Crippen LogP contribution in [-0.4, -0.2) is 41.8 Å². The second kappa shape index (κ2) is 10.8. The van der Waals surface area contributed by atoms with E-state index in [4.69, 9.17) is 11.6 Å². The van der Waals surface area contributed by atoms with Crippen LogP contribution in [0, 0.1) is 5.92 Å². The van der Waals surface area contributed by atoms with Crippen molar-refractivity contribution in [2.75, 3.05) is 18.4 Å². The second-order valence-electron chi connectivity index (χ2n) is 7.85. The van der Waals surface area contributed by atoms with E-state index in [1.165, 1.54) is 11.3 Å². The van der Waals surface area contributed by atoms with Crippen LogP contribution in [0.15, 0.2) is 35.7 Å². The lowest BCUT2D eigenvalue weighted by Gasteiger charge is -2.37. The molecule has 8 heteroatoms. The number of likely N-dealkylation sites (tertiary alicyclic amines) is 1. The molecular weight excluding hydrogens is 434 g/mol. The summed E-state index contributed by atoms with van der Waals surface area (Å²) in [4.78, 5) is 40.5. The first-order valence-electron chi connectivity index (χ1n) is 10.6. The van der Waals surface area contributed by atoms with Crippen LogP contribution in [0.2, 0.25) is 5.02 Å². The molecule has 6 nitrogen and oxygen atoms in total. The molecule has 166 valence electrons. The van der Waals surface area contributed by atoms with Crippen molar-refractivity contribution in [3.63, 3.8) is 0 Å². The molecule has 2 N–H and O–H groups in total. The SMILES string of the molecule is CCCCNC(=O)C1CCC(C)N(C(=O)c2ccc(Cl)c(NC(=O)c3cccs3)c2)C1. The zero-order valence-corrected chi connectivity index (χ0v) is 19.4. The first-order valence-corrected chi connectivity index (χ1v) is 11.9. The van der Waals surface area contributed by atoms with E-state index in [0.29, 0.717) is 34.2 Å². The van der Waals surface area contributed by atoms with E-state index >= 15 is 0 Å². The number of halogens is 1. The summed E-state index contributed by atoms with van der Waals surface area (Å²) in [6, 6.07) is 8.43. The van der Waals surface area contributed by atoms with Gasteiger partial charge < -0.3 is 15.5 Å². The van der Waals surface area contributed by atoms with Gasteiger partial charge in [0.1, 0.15) is 0 Å². The number of benzene rings is 1. The summed E-state index contributed by atoms with van der Waals surface area (Å²) < 4.78 is 0. The van der Waals surface area contributed by atoms with E-state index in [9.17, 15) is 14.4 Å². The highest BCUT2D eigenvalue weighted by Crippen LogP contribution is 2.28. The molecule has 1 aromatic carbocycles. The van der Waals surface area contributed by atoms with Gasteiger partial charge in [-0.05, 0) is 55.8 Å². The number of hydrogen-bond donors (Lipinski definition) is 2. The third kappa shape index (κ3) is 5.86. The summed E-state index contributed by atoms with van der Waals surface area (Å²) >= 11 is 7.59. The highest BCUT2D eigenvalue weighted by Gasteiger charge is 2.33. The number of nitrogens with zero attached hydrogens (tertiary/aromatic N) is 1. The number of unbranched alkanes of at least 4 members (excludes halogenated alkanes) is 1. The van der Waals surface area contributed by atoms with Gasteiger partial charge in [-0.25, -0.2) is 0 Å². The number of carbonyl (C=O) groups excluding carboxylic acids is 3. The van der Waals surface area contributed by atoms with Crippen LogP contribution in [0.1, 0.15) is 59.6 Å². The summed E-state index contributed by atoms with van der Waals surface area (Å²) in [6.07, 6.45) is 3.51. The van der Waals surface area contributed by atoms with E-state index in [-0.39, 0.29) is 29.7 Å². The van der Waals surface area contributed by atoms with E-state index < -0.39 is 0 Å². The van der Waals surface area contributed by atoms with Crippen molar-refractivity contribution in [2.24, 2.45) is 5.92 Å². The van der Waals surface area contributed by atoms with Gasteiger partial charge in [0.05, 0.1) is 21.5 Å². The molecule has 0 radical (unpaired) electrons. The van der Waals surface area contributed by atoms with Gasteiger partial charge in [0.15, 0.2) is 0 Å². The molecule has 3 rings (SSSR count). The fraction of sp³-hybridized carbons (Fsp3) is 0.435. The van der Waals surface area contributed by atoms with Gasteiger partial charge >= 0.3 is 0 Å². The molecule has 0 bridgehead atoms. The summed E-state index contributed by atoms with van der Waals surface area (Å²) in [7, 11) is 0. The van der Waals surface area contributed by atoms with Crippen molar-refractivity contribution in [1.82, 2.24) is 10.2 Å². The maximum atomic E-state index is 13.3. The van der Waals surface area contributed by atoms with Gasteiger partial charge in [0.2, 0.25) is 5.91 Å². The van der Waals surface area contributed by atoms with Crippen molar-refractivity contribution < 1.29 is 14.4 Å². The smallest absolute Gasteiger partial charge is 0.265 e. The first-order chi connectivity index (χ1) is 14.9. The normalized spacial score (nSPS) is 18.5. The maximum Gasteiger partial charge on any atom is 0.265 e. The molecule has 1 aliphatic rings. The Labute approximate surface area is 192 Å². The summed E-state index contributed by atoms with van der Waals surface area (Å²) in [5.74, 6) is -0.626. The molecule has 1 saturated heterocycles. The Morgan fingerprint density at radius 2 is 2.03 bits per heavy atom. The first kappa shape index (κ1) is 23.3. The third-order valence-corrected chi connectivity index (χ3v) is 6.75. The molecule has 2 unspecified atom stereocenters. The van der Waals surface area contributed by atoms with Crippen molar-refractivity contribution >= 4 is 46.3 Å². The molecule has 0 saturated carbocycles. The van der Waals surface area contributed by atoms with Crippen LogP contribution in [-0.2, 0) is 4.79 Å². The summed E-state index contributed by atoms with van der Waals surface area (Å²) in [5, 5.41) is 7.95. The highest BCUT2D eigenvalue weighted by molar-refractivity contribution is 7.12. The Kier molecular flexibility index (Phi) is 8.09. The average molecular weight is 462 g/mol. The molecule has 2 aromatic rings. The lowest BCUT2D eigenvalue weighted by atomic mass is 9.92. The van der Waals surface area contributed by atoms with E-state index in [1.807, 2.05) is 12.3 Å². The van der Waals surface area contributed by atoms with Crippen LogP contribution in [0.3, 0.4) is 0 Å². The van der Waals surface area contributed by atoms with Crippen LogP contribution in [0.5, 0.6) is 0 Å². The third-order valence-electron chi connectivity index (χ3n) is 5.55. The van der Waals surface area contributed by atoms with Crippen molar-refractivity contribution in [1.29, 1.82) is 0 Å². The minimum absolute atomic E-state index is 0.0122. The average Bonchev–Trinajstić information content (AvgIpc) is 3.30. The molecule has 2 atom stereocenters. The number of anilines is 1. The highest BCUT2D eigenvalue weighted by atomic mass is 35.5. The molecule has 0 spiro atoms. The van der Waals surface area contributed by atoms with Crippen molar-refractivity contribution in [2.45, 2.75) is 45.6 Å². The number of piperidine rings is 1. The lowest BCUT2D eigenvalue weighted by molar-refractivity contribution is -0.126. The summed E-state index contributed by atoms with van der Waals surface area (Å²) in [6.45, 7) is 5.13. The summed E-state index contributed by atoms with van der Waals surface area (Å²) in [5.41, 5.74) is 0.828. The van der Waals surface area contributed by atoms with Gasteiger partial charge in [-0.1, -0.05) is 31.0 Å². The monoisotopic (exact) mass is 461 g/mol. The van der Waals surface area contributed by atoms with E-state index in [1.54, 1.807) is 35.2 Å². The molecule has 1 fully saturated rings. The van der Waals surface area contributed by atoms with Gasteiger partial charge in [-0.2, -0.15) is 0 Å². The standard InChI is InChI=1S/C23H28ClN3O3S/c1-3-4-11-25-21(28)17-8-7-15(2)27(14-17)23(30)16-9-10-18(24)19(13-16)26-22(29)20-6-5-12-31-20/h5-6,9-10,12-13,15,17H,3-4,7-8,11,14H2,1-2H3,(H,25,28)(H,26,29). The van der Waals surface area contributed by atoms with Crippen LogP contribution < -0.4 is 10.6 Å². The molecular formula is C23H28ClN3O3S. The van der Waals surface area contributed by atoms with Crippen LogP contribution in [0.25, 0.3) is 0 Å². The zero-order valence-electron chi connectivity index (χ0n) is 17.8. The molecule has 2 heterocycles. The molecule has 3 amide bonds. The number of hydrogen-bond acceptors (Lipinski definition) is 4. The maximum absolute atomic E-state index is 13.3. The predicted octanol–water partition coefficient (Wildman–Crippen LogP) is 4.81. The molecule has 0 aliphatic carbocycles. The Hall–Kier alpha value is -2.38. The number of nitrogens with one attached hydrogen (secondary N) is 2. The van der Waals surface area contributed by atoms with Crippen molar-refractivity contribution in [3.05, 3.63) is 51.2 Å². The van der Waals surface area contributed by atoms with Crippen LogP contribution >= 0.6 is 22.9 Å². The van der Waals surface area contributed by atoms with E-state index in [0.717, 1.165) is 25.7 Å². The molecule has 1 aromatic heterocycles. The minimum Gasteiger partial charge on any atom is -0.356 e. The number of carbonyl (C=O) groups is 3. The quantitative estimate of drug-likeness (QED) is 0.580. The molecule has 1 aliphatic heterocycles. The van der Waals surface area contributed by atoms with Gasteiger partial charge in [0, 0.05) is 24.7 Å². The zero-order chi connectivity index (χ0) is 22.4. The topological polar surface area (TPSA) is 78.5 Å². The number of thiophene rings is 1. The Balaban J connectivity index is 1.72.